The SMILES string of the molecule is COC(=O)C(Br)CN(C)C(C)C(C)(C)C. The second kappa shape index (κ2) is 5.85. The smallest absolute Gasteiger partial charge is 0.320 e. The number of rotatable bonds is 4. The summed E-state index contributed by atoms with van der Waals surface area (Å²) in [5.74, 6) is -0.219. The highest BCUT2D eigenvalue weighted by Gasteiger charge is 2.27. The summed E-state index contributed by atoms with van der Waals surface area (Å²) in [7, 11) is 3.43. The third kappa shape index (κ3) is 4.98. The lowest BCUT2D eigenvalue weighted by molar-refractivity contribution is -0.140. The fourth-order valence-corrected chi connectivity index (χ4v) is 1.92. The minimum Gasteiger partial charge on any atom is -0.468 e. The van der Waals surface area contributed by atoms with Crippen molar-refractivity contribution >= 4 is 21.9 Å². The summed E-state index contributed by atoms with van der Waals surface area (Å²) in [5, 5.41) is 0. The van der Waals surface area contributed by atoms with Gasteiger partial charge >= 0.3 is 5.97 Å². The molecule has 0 aliphatic heterocycles. The van der Waals surface area contributed by atoms with E-state index in [-0.39, 0.29) is 16.2 Å². The van der Waals surface area contributed by atoms with Gasteiger partial charge in [0, 0.05) is 12.6 Å². The zero-order valence-electron chi connectivity index (χ0n) is 10.5. The molecule has 0 fully saturated rings. The Hall–Kier alpha value is -0.0900. The van der Waals surface area contributed by atoms with Gasteiger partial charge in [0.1, 0.15) is 4.83 Å². The average molecular weight is 280 g/mol. The first-order valence-electron chi connectivity index (χ1n) is 5.12. The highest BCUT2D eigenvalue weighted by molar-refractivity contribution is 9.10. The minimum absolute atomic E-state index is 0.206. The molecule has 0 aromatic heterocycles. The van der Waals surface area contributed by atoms with Gasteiger partial charge in [0.15, 0.2) is 0 Å². The van der Waals surface area contributed by atoms with Crippen LogP contribution in [0.25, 0.3) is 0 Å². The number of carbonyl (C=O) groups is 1. The molecule has 0 bridgehead atoms. The molecule has 2 unspecified atom stereocenters. The Balaban J connectivity index is 4.25. The van der Waals surface area contributed by atoms with E-state index < -0.39 is 0 Å². The number of hydrogen-bond acceptors (Lipinski definition) is 3. The van der Waals surface area contributed by atoms with Crippen LogP contribution in [0, 0.1) is 5.41 Å². The normalized spacial score (nSPS) is 16.3. The van der Waals surface area contributed by atoms with Crippen molar-refractivity contribution in [2.75, 3.05) is 20.7 Å². The molecule has 0 aromatic rings. The van der Waals surface area contributed by atoms with Gasteiger partial charge in [-0.2, -0.15) is 0 Å². The van der Waals surface area contributed by atoms with Crippen molar-refractivity contribution in [1.82, 2.24) is 4.90 Å². The van der Waals surface area contributed by atoms with E-state index in [1.54, 1.807) is 0 Å². The number of methoxy groups -OCH3 is 1. The second-order valence-electron chi connectivity index (χ2n) is 4.97. The molecule has 0 aliphatic carbocycles. The molecular weight excluding hydrogens is 258 g/mol. The van der Waals surface area contributed by atoms with Crippen LogP contribution in [0.15, 0.2) is 0 Å². The second-order valence-corrected chi connectivity index (χ2v) is 6.08. The molecule has 4 heteroatoms. The maximum atomic E-state index is 11.2. The fourth-order valence-electron chi connectivity index (χ4n) is 1.27. The molecule has 0 aliphatic rings. The van der Waals surface area contributed by atoms with Crippen molar-refractivity contribution in [3.05, 3.63) is 0 Å². The molecule has 0 saturated carbocycles. The Bertz CT molecular complexity index is 213. The molecule has 0 heterocycles. The van der Waals surface area contributed by atoms with Gasteiger partial charge in [-0.25, -0.2) is 0 Å². The van der Waals surface area contributed by atoms with Crippen LogP contribution >= 0.6 is 15.9 Å². The largest absolute Gasteiger partial charge is 0.468 e. The number of ether oxygens (including phenoxy) is 1. The van der Waals surface area contributed by atoms with E-state index in [9.17, 15) is 4.79 Å². The highest BCUT2D eigenvalue weighted by Crippen LogP contribution is 2.23. The van der Waals surface area contributed by atoms with Crippen molar-refractivity contribution in [1.29, 1.82) is 0 Å². The zero-order valence-corrected chi connectivity index (χ0v) is 12.1. The lowest BCUT2D eigenvalue weighted by Crippen LogP contribution is -2.43. The molecule has 0 amide bonds. The third-order valence-corrected chi connectivity index (χ3v) is 3.48. The average Bonchev–Trinajstić information content (AvgIpc) is 2.13. The van der Waals surface area contributed by atoms with Crippen LogP contribution in [0.5, 0.6) is 0 Å². The number of esters is 1. The Labute approximate surface area is 101 Å². The molecule has 90 valence electrons. The predicted molar refractivity (Wildman–Crippen MR) is 66.3 cm³/mol. The van der Waals surface area contributed by atoms with Gasteiger partial charge in [0.05, 0.1) is 7.11 Å². The van der Waals surface area contributed by atoms with E-state index in [2.05, 4.69) is 53.3 Å². The van der Waals surface area contributed by atoms with Crippen molar-refractivity contribution in [2.45, 2.75) is 38.6 Å². The van der Waals surface area contributed by atoms with Crippen LogP contribution in [0.3, 0.4) is 0 Å². The first-order valence-corrected chi connectivity index (χ1v) is 6.03. The quantitative estimate of drug-likeness (QED) is 0.584. The lowest BCUT2D eigenvalue weighted by Gasteiger charge is -2.36. The van der Waals surface area contributed by atoms with Gasteiger partial charge in [-0.15, -0.1) is 0 Å². The third-order valence-electron chi connectivity index (χ3n) is 2.82. The van der Waals surface area contributed by atoms with E-state index in [0.29, 0.717) is 12.6 Å². The van der Waals surface area contributed by atoms with Gasteiger partial charge in [-0.3, -0.25) is 4.79 Å². The molecule has 2 atom stereocenters. The van der Waals surface area contributed by atoms with E-state index in [1.807, 2.05) is 7.05 Å². The van der Waals surface area contributed by atoms with E-state index in [0.717, 1.165) is 0 Å². The van der Waals surface area contributed by atoms with E-state index >= 15 is 0 Å². The molecule has 0 aromatic carbocycles. The summed E-state index contributed by atoms with van der Waals surface area (Å²) in [4.78, 5) is 13.1. The fraction of sp³-hybridized carbons (Fsp3) is 0.909. The van der Waals surface area contributed by atoms with Gasteiger partial charge in [-0.1, -0.05) is 36.7 Å². The van der Waals surface area contributed by atoms with Crippen LogP contribution in [0.2, 0.25) is 0 Å². The summed E-state index contributed by atoms with van der Waals surface area (Å²) in [6.45, 7) is 9.39. The molecule has 0 spiro atoms. The summed E-state index contributed by atoms with van der Waals surface area (Å²) >= 11 is 3.32. The number of hydrogen-bond donors (Lipinski definition) is 0. The summed E-state index contributed by atoms with van der Waals surface area (Å²) in [6, 6.07) is 0.405. The summed E-state index contributed by atoms with van der Waals surface area (Å²) < 4.78 is 4.67. The first-order chi connectivity index (χ1) is 6.70. The maximum absolute atomic E-state index is 11.2. The Kier molecular flexibility index (Phi) is 5.81. The van der Waals surface area contributed by atoms with Gasteiger partial charge in [0.2, 0.25) is 0 Å². The highest BCUT2D eigenvalue weighted by atomic mass is 79.9. The van der Waals surface area contributed by atoms with E-state index in [4.69, 9.17) is 0 Å². The molecule has 3 nitrogen and oxygen atoms in total. The van der Waals surface area contributed by atoms with Crippen molar-refractivity contribution in [2.24, 2.45) is 5.41 Å². The van der Waals surface area contributed by atoms with Crippen molar-refractivity contribution in [3.8, 4) is 0 Å². The van der Waals surface area contributed by atoms with Crippen LogP contribution in [-0.4, -0.2) is 42.4 Å². The maximum Gasteiger partial charge on any atom is 0.320 e. The standard InChI is InChI=1S/C11H22BrNO2/c1-8(11(2,3)4)13(5)7-9(12)10(14)15-6/h8-9H,7H2,1-6H3. The lowest BCUT2D eigenvalue weighted by atomic mass is 9.87. The van der Waals surface area contributed by atoms with Crippen LogP contribution < -0.4 is 0 Å². The van der Waals surface area contributed by atoms with Gasteiger partial charge in [0.25, 0.3) is 0 Å². The number of nitrogens with zero attached hydrogens (tertiary/aromatic N) is 1. The zero-order chi connectivity index (χ0) is 12.2. The Morgan fingerprint density at radius 2 is 1.93 bits per heavy atom. The Morgan fingerprint density at radius 3 is 2.27 bits per heavy atom. The number of carbonyl (C=O) groups excluding carboxylic acids is 1. The number of halogens is 1. The number of alkyl halides is 1. The predicted octanol–water partition coefficient (Wildman–Crippen LogP) is 2.29. The molecule has 0 N–H and O–H groups in total. The molecular formula is C11H22BrNO2. The molecule has 0 saturated heterocycles. The van der Waals surface area contributed by atoms with Crippen LogP contribution in [-0.2, 0) is 9.53 Å². The monoisotopic (exact) mass is 279 g/mol. The summed E-state index contributed by atoms with van der Waals surface area (Å²) in [6.07, 6.45) is 0. The van der Waals surface area contributed by atoms with Crippen molar-refractivity contribution in [3.63, 3.8) is 0 Å². The van der Waals surface area contributed by atoms with Gasteiger partial charge in [-0.05, 0) is 19.4 Å². The topological polar surface area (TPSA) is 29.5 Å². The molecule has 0 radical (unpaired) electrons. The van der Waals surface area contributed by atoms with Gasteiger partial charge < -0.3 is 9.64 Å². The molecule has 0 rings (SSSR count). The minimum atomic E-state index is -0.253. The molecule has 15 heavy (non-hydrogen) atoms. The van der Waals surface area contributed by atoms with Crippen LogP contribution in [0.4, 0.5) is 0 Å². The van der Waals surface area contributed by atoms with Crippen LogP contribution in [0.1, 0.15) is 27.7 Å². The summed E-state index contributed by atoms with van der Waals surface area (Å²) in [5.41, 5.74) is 0.206. The first kappa shape index (κ1) is 14.9. The Morgan fingerprint density at radius 1 is 1.47 bits per heavy atom. The van der Waals surface area contributed by atoms with Crippen molar-refractivity contribution < 1.29 is 9.53 Å². The van der Waals surface area contributed by atoms with E-state index in [1.165, 1.54) is 7.11 Å².